The molecule has 0 aliphatic carbocycles. The van der Waals surface area contributed by atoms with Gasteiger partial charge in [-0.15, -0.1) is 20.4 Å². The van der Waals surface area contributed by atoms with E-state index < -0.39 is 0 Å². The van der Waals surface area contributed by atoms with Gasteiger partial charge in [-0.1, -0.05) is 47.5 Å². The summed E-state index contributed by atoms with van der Waals surface area (Å²) >= 11 is 11.6. The summed E-state index contributed by atoms with van der Waals surface area (Å²) in [6, 6.07) is 18.2. The lowest BCUT2D eigenvalue weighted by molar-refractivity contribution is 0.0820. The first-order valence-electron chi connectivity index (χ1n) is 11.6. The second-order valence-corrected chi connectivity index (χ2v) is 9.70. The summed E-state index contributed by atoms with van der Waals surface area (Å²) in [6.07, 6.45) is 0. The van der Waals surface area contributed by atoms with Crippen LogP contribution in [0.4, 0.5) is 0 Å². The highest BCUT2D eigenvalue weighted by atomic mass is 35.5. The number of hydrogen-bond donors (Lipinski definition) is 0. The van der Waals surface area contributed by atoms with Crippen LogP contribution in [0.25, 0.3) is 22.5 Å². The molecule has 4 rings (SSSR count). The van der Waals surface area contributed by atoms with Gasteiger partial charge in [0.15, 0.2) is 10.3 Å². The molecule has 0 unspecified atom stereocenters. The minimum Gasteiger partial charge on any atom is -0.345 e. The van der Waals surface area contributed by atoms with E-state index in [1.807, 2.05) is 44.2 Å². The van der Waals surface area contributed by atoms with E-state index in [-0.39, 0.29) is 11.8 Å². The van der Waals surface area contributed by atoms with Crippen molar-refractivity contribution in [3.05, 3.63) is 93.2 Å². The highest BCUT2D eigenvalue weighted by Crippen LogP contribution is 2.23. The molecule has 2 amide bonds. The summed E-state index contributed by atoms with van der Waals surface area (Å²) in [5.41, 5.74) is 6.45. The summed E-state index contributed by atoms with van der Waals surface area (Å²) < 4.78 is 0. The number of hydrogen-bond acceptors (Lipinski definition) is 6. The molecule has 0 fully saturated rings. The first-order chi connectivity index (χ1) is 18.0. The normalized spacial score (nSPS) is 10.3. The fraction of sp³-hybridized carbons (Fsp3) is 0.214. The lowest BCUT2D eigenvalue weighted by atomic mass is 10.1. The smallest absolute Gasteiger partial charge is 0.253 e. The minimum atomic E-state index is -0.0232. The molecular formula is C28H28Cl2N6O2. The predicted molar refractivity (Wildman–Crippen MR) is 150 cm³/mol. The zero-order valence-corrected chi connectivity index (χ0v) is 23.5. The highest BCUT2D eigenvalue weighted by molar-refractivity contribution is 6.30. The molecule has 0 N–H and O–H groups in total. The van der Waals surface area contributed by atoms with Gasteiger partial charge >= 0.3 is 0 Å². The van der Waals surface area contributed by atoms with E-state index in [9.17, 15) is 9.59 Å². The SMILES string of the molecule is Cc1cc(-c2ccc(C(=O)N(C)C)cc2)nnc1Cl.Cc1cc(Cl)nnc1-c1ccc(C(=O)N(C)C)cc1. The topological polar surface area (TPSA) is 92.2 Å². The highest BCUT2D eigenvalue weighted by Gasteiger charge is 2.11. The summed E-state index contributed by atoms with van der Waals surface area (Å²) in [7, 11) is 6.91. The van der Waals surface area contributed by atoms with E-state index in [4.69, 9.17) is 23.2 Å². The van der Waals surface area contributed by atoms with Gasteiger partial charge in [-0.3, -0.25) is 9.59 Å². The molecule has 0 spiro atoms. The molecule has 0 atom stereocenters. The van der Waals surface area contributed by atoms with Crippen LogP contribution in [0.15, 0.2) is 60.7 Å². The Morgan fingerprint density at radius 1 is 0.632 bits per heavy atom. The van der Waals surface area contributed by atoms with Crippen LogP contribution in [0.3, 0.4) is 0 Å². The number of halogens is 2. The van der Waals surface area contributed by atoms with Crippen molar-refractivity contribution in [2.24, 2.45) is 0 Å². The molecule has 0 bridgehead atoms. The number of carbonyl (C=O) groups is 2. The number of aromatic nitrogens is 4. The maximum absolute atomic E-state index is 11.8. The Balaban J connectivity index is 0.000000211. The first-order valence-corrected chi connectivity index (χ1v) is 12.4. The summed E-state index contributed by atoms with van der Waals surface area (Å²) in [5, 5.41) is 16.6. The van der Waals surface area contributed by atoms with Crippen molar-refractivity contribution in [2.45, 2.75) is 13.8 Å². The molecule has 0 aliphatic heterocycles. The number of benzene rings is 2. The maximum atomic E-state index is 11.8. The zero-order valence-electron chi connectivity index (χ0n) is 22.0. The van der Waals surface area contributed by atoms with E-state index in [2.05, 4.69) is 20.4 Å². The third kappa shape index (κ3) is 7.12. The maximum Gasteiger partial charge on any atom is 0.253 e. The average molecular weight is 551 g/mol. The third-order valence-corrected chi connectivity index (χ3v) is 6.08. The largest absolute Gasteiger partial charge is 0.345 e. The van der Waals surface area contributed by atoms with Crippen LogP contribution in [-0.4, -0.2) is 70.2 Å². The van der Waals surface area contributed by atoms with Gasteiger partial charge in [0.2, 0.25) is 0 Å². The van der Waals surface area contributed by atoms with Crippen molar-refractivity contribution < 1.29 is 9.59 Å². The van der Waals surface area contributed by atoms with Crippen LogP contribution in [0.1, 0.15) is 31.8 Å². The molecule has 0 aliphatic rings. The monoisotopic (exact) mass is 550 g/mol. The van der Waals surface area contributed by atoms with E-state index in [1.165, 1.54) is 0 Å². The van der Waals surface area contributed by atoms with Crippen molar-refractivity contribution in [1.29, 1.82) is 0 Å². The number of carbonyl (C=O) groups excluding carboxylic acids is 2. The Morgan fingerprint density at radius 3 is 1.58 bits per heavy atom. The molecule has 196 valence electrons. The second kappa shape index (κ2) is 12.6. The van der Waals surface area contributed by atoms with Crippen LogP contribution in [0.2, 0.25) is 10.3 Å². The third-order valence-electron chi connectivity index (χ3n) is 5.52. The van der Waals surface area contributed by atoms with Crippen LogP contribution in [-0.2, 0) is 0 Å². The van der Waals surface area contributed by atoms with E-state index in [0.717, 1.165) is 33.6 Å². The Kier molecular flexibility index (Phi) is 9.50. The molecule has 2 aromatic carbocycles. The Bertz CT molecular complexity index is 1440. The quantitative estimate of drug-likeness (QED) is 0.327. The number of rotatable bonds is 4. The summed E-state index contributed by atoms with van der Waals surface area (Å²) in [4.78, 5) is 26.6. The molecule has 8 nitrogen and oxygen atoms in total. The molecule has 38 heavy (non-hydrogen) atoms. The van der Waals surface area contributed by atoms with E-state index >= 15 is 0 Å². The van der Waals surface area contributed by atoms with Crippen LogP contribution in [0, 0.1) is 13.8 Å². The van der Waals surface area contributed by atoms with Crippen molar-refractivity contribution >= 4 is 35.0 Å². The van der Waals surface area contributed by atoms with Crippen LogP contribution >= 0.6 is 23.2 Å². The molecule has 0 saturated carbocycles. The van der Waals surface area contributed by atoms with Crippen LogP contribution < -0.4 is 0 Å². The number of amides is 2. The van der Waals surface area contributed by atoms with E-state index in [1.54, 1.807) is 68.3 Å². The van der Waals surface area contributed by atoms with Crippen molar-refractivity contribution in [3.63, 3.8) is 0 Å². The van der Waals surface area contributed by atoms with Crippen LogP contribution in [0.5, 0.6) is 0 Å². The molecule has 2 aromatic heterocycles. The zero-order chi connectivity index (χ0) is 28.0. The average Bonchev–Trinajstić information content (AvgIpc) is 2.90. The molecule has 0 saturated heterocycles. The van der Waals surface area contributed by atoms with Gasteiger partial charge < -0.3 is 9.80 Å². The Hall–Kier alpha value is -3.88. The fourth-order valence-corrected chi connectivity index (χ4v) is 3.71. The van der Waals surface area contributed by atoms with Gasteiger partial charge in [0, 0.05) is 50.4 Å². The molecule has 2 heterocycles. The lowest BCUT2D eigenvalue weighted by Gasteiger charge is -2.10. The minimum absolute atomic E-state index is 0.0227. The number of nitrogens with zero attached hydrogens (tertiary/aromatic N) is 6. The van der Waals surface area contributed by atoms with Gasteiger partial charge in [0.1, 0.15) is 0 Å². The molecular weight excluding hydrogens is 523 g/mol. The standard InChI is InChI=1S/2C14H14ClN3O/c1-9-8-12(15)16-17-13(9)10-4-6-11(7-5-10)14(19)18(2)3;1-9-8-12(16-17-13(9)15)10-4-6-11(7-5-10)14(19)18(2)3/h2*4-8H,1-3H3. The molecule has 4 aromatic rings. The Labute approximate surface area is 232 Å². The van der Waals surface area contributed by atoms with Crippen molar-refractivity contribution in [2.75, 3.05) is 28.2 Å². The van der Waals surface area contributed by atoms with Crippen molar-refractivity contribution in [1.82, 2.24) is 30.2 Å². The van der Waals surface area contributed by atoms with Gasteiger partial charge in [0.05, 0.1) is 11.4 Å². The second-order valence-electron chi connectivity index (χ2n) is 8.96. The Morgan fingerprint density at radius 2 is 1.13 bits per heavy atom. The number of aryl methyl sites for hydroxylation is 2. The molecule has 10 heteroatoms. The fourth-order valence-electron chi connectivity index (χ4n) is 3.42. The summed E-state index contributed by atoms with van der Waals surface area (Å²) in [5.74, 6) is -0.0459. The van der Waals surface area contributed by atoms with Crippen molar-refractivity contribution in [3.8, 4) is 22.5 Å². The van der Waals surface area contributed by atoms with Gasteiger partial charge in [-0.25, -0.2) is 0 Å². The predicted octanol–water partition coefficient (Wildman–Crippen LogP) is 5.61. The van der Waals surface area contributed by atoms with Gasteiger partial charge in [-0.2, -0.15) is 0 Å². The first kappa shape index (κ1) is 28.7. The van der Waals surface area contributed by atoms with Gasteiger partial charge in [0.25, 0.3) is 11.8 Å². The summed E-state index contributed by atoms with van der Waals surface area (Å²) in [6.45, 7) is 3.80. The lowest BCUT2D eigenvalue weighted by Crippen LogP contribution is -2.21. The van der Waals surface area contributed by atoms with E-state index in [0.29, 0.717) is 21.4 Å². The molecule has 0 radical (unpaired) electrons. The van der Waals surface area contributed by atoms with Gasteiger partial charge in [-0.05, 0) is 61.4 Å².